The fraction of sp³-hybridized carbons (Fsp3) is 1.00. The Balaban J connectivity index is 4.31. The smallest absolute Gasteiger partial charge is 0.0465 e. The van der Waals surface area contributed by atoms with Crippen molar-refractivity contribution >= 4 is 0 Å². The fourth-order valence-corrected chi connectivity index (χ4v) is 2.02. The van der Waals surface area contributed by atoms with Crippen LogP contribution in [0.1, 0.15) is 54.4 Å². The number of methoxy groups -OCH3 is 1. The van der Waals surface area contributed by atoms with Gasteiger partial charge < -0.3 is 10.1 Å². The summed E-state index contributed by atoms with van der Waals surface area (Å²) in [5.41, 5.74) is 0.397. The van der Waals surface area contributed by atoms with Crippen LogP contribution in [0.2, 0.25) is 0 Å². The van der Waals surface area contributed by atoms with Crippen LogP contribution in [0.5, 0.6) is 0 Å². The van der Waals surface area contributed by atoms with E-state index in [0.29, 0.717) is 17.4 Å². The molecule has 0 amide bonds. The van der Waals surface area contributed by atoms with Crippen molar-refractivity contribution < 1.29 is 4.74 Å². The Hall–Kier alpha value is -0.0800. The molecule has 0 bridgehead atoms. The van der Waals surface area contributed by atoms with Crippen LogP contribution in [-0.4, -0.2) is 26.3 Å². The van der Waals surface area contributed by atoms with Gasteiger partial charge in [-0.25, -0.2) is 0 Å². The van der Waals surface area contributed by atoms with Crippen LogP contribution in [0.25, 0.3) is 0 Å². The van der Waals surface area contributed by atoms with E-state index < -0.39 is 0 Å². The molecule has 0 fully saturated rings. The van der Waals surface area contributed by atoms with Gasteiger partial charge in [-0.2, -0.15) is 0 Å². The Bertz CT molecular complexity index is 186. The fourth-order valence-electron chi connectivity index (χ4n) is 2.02. The van der Waals surface area contributed by atoms with Crippen LogP contribution in [0, 0.1) is 17.3 Å². The van der Waals surface area contributed by atoms with Crippen LogP contribution in [0.3, 0.4) is 0 Å². The third-order valence-electron chi connectivity index (χ3n) is 4.02. The van der Waals surface area contributed by atoms with Crippen molar-refractivity contribution in [3.63, 3.8) is 0 Å². The minimum absolute atomic E-state index is 0.397. The summed E-state index contributed by atoms with van der Waals surface area (Å²) in [5.74, 6) is 1.41. The third-order valence-corrected chi connectivity index (χ3v) is 4.02. The summed E-state index contributed by atoms with van der Waals surface area (Å²) in [7, 11) is 1.78. The number of hydrogen-bond acceptors (Lipinski definition) is 2. The van der Waals surface area contributed by atoms with E-state index >= 15 is 0 Å². The maximum Gasteiger partial charge on any atom is 0.0465 e. The molecule has 3 unspecified atom stereocenters. The van der Waals surface area contributed by atoms with Gasteiger partial charge >= 0.3 is 0 Å². The maximum atomic E-state index is 5.19. The lowest BCUT2D eigenvalue weighted by atomic mass is 9.76. The number of rotatable bonds is 8. The summed E-state index contributed by atoms with van der Waals surface area (Å²) in [6, 6.07) is 0.615. The van der Waals surface area contributed by atoms with Gasteiger partial charge in [-0.15, -0.1) is 0 Å². The van der Waals surface area contributed by atoms with Crippen molar-refractivity contribution in [2.45, 2.75) is 60.4 Å². The van der Waals surface area contributed by atoms with Crippen LogP contribution in [-0.2, 0) is 4.74 Å². The van der Waals surface area contributed by atoms with E-state index in [1.807, 2.05) is 0 Å². The SMILES string of the molecule is CCNC(CC(C)C(C)(C)C)C(C)CCOC. The van der Waals surface area contributed by atoms with Gasteiger partial charge in [0.2, 0.25) is 0 Å². The maximum absolute atomic E-state index is 5.19. The van der Waals surface area contributed by atoms with E-state index in [1.54, 1.807) is 7.11 Å². The monoisotopic (exact) mass is 243 g/mol. The highest BCUT2D eigenvalue weighted by atomic mass is 16.5. The van der Waals surface area contributed by atoms with E-state index in [2.05, 4.69) is 46.9 Å². The molecule has 17 heavy (non-hydrogen) atoms. The van der Waals surface area contributed by atoms with Crippen LogP contribution in [0.4, 0.5) is 0 Å². The van der Waals surface area contributed by atoms with E-state index in [9.17, 15) is 0 Å². The Kier molecular flexibility index (Phi) is 8.06. The van der Waals surface area contributed by atoms with Gasteiger partial charge in [0.05, 0.1) is 0 Å². The van der Waals surface area contributed by atoms with Gasteiger partial charge in [-0.3, -0.25) is 0 Å². The second kappa shape index (κ2) is 8.10. The van der Waals surface area contributed by atoms with Crippen molar-refractivity contribution in [2.24, 2.45) is 17.3 Å². The predicted octanol–water partition coefficient (Wildman–Crippen LogP) is 3.71. The van der Waals surface area contributed by atoms with Crippen molar-refractivity contribution in [3.05, 3.63) is 0 Å². The molecule has 104 valence electrons. The van der Waals surface area contributed by atoms with Crippen LogP contribution < -0.4 is 5.32 Å². The molecule has 3 atom stereocenters. The zero-order valence-corrected chi connectivity index (χ0v) is 13.0. The summed E-state index contributed by atoms with van der Waals surface area (Å²) in [5, 5.41) is 3.64. The summed E-state index contributed by atoms with van der Waals surface area (Å²) in [6.45, 7) is 15.8. The number of hydrogen-bond donors (Lipinski definition) is 1. The lowest BCUT2D eigenvalue weighted by molar-refractivity contribution is 0.153. The summed E-state index contributed by atoms with van der Waals surface area (Å²) < 4.78 is 5.19. The molecule has 0 aromatic carbocycles. The molecule has 0 aliphatic carbocycles. The van der Waals surface area contributed by atoms with Crippen molar-refractivity contribution in [2.75, 3.05) is 20.3 Å². The van der Waals surface area contributed by atoms with Crippen LogP contribution in [0.15, 0.2) is 0 Å². The topological polar surface area (TPSA) is 21.3 Å². The van der Waals surface area contributed by atoms with Gasteiger partial charge in [0.15, 0.2) is 0 Å². The highest BCUT2D eigenvalue weighted by Crippen LogP contribution is 2.30. The molecule has 0 aromatic rings. The minimum Gasteiger partial charge on any atom is -0.385 e. The first-order valence-corrected chi connectivity index (χ1v) is 7.05. The van der Waals surface area contributed by atoms with E-state index in [4.69, 9.17) is 4.74 Å². The van der Waals surface area contributed by atoms with Gasteiger partial charge in [-0.1, -0.05) is 41.5 Å². The molecule has 2 heteroatoms. The van der Waals surface area contributed by atoms with E-state index in [-0.39, 0.29) is 0 Å². The Morgan fingerprint density at radius 1 is 1.18 bits per heavy atom. The number of ether oxygens (including phenoxy) is 1. The largest absolute Gasteiger partial charge is 0.385 e. The van der Waals surface area contributed by atoms with Crippen molar-refractivity contribution in [1.82, 2.24) is 5.32 Å². The normalized spacial score (nSPS) is 17.8. The second-order valence-electron chi connectivity index (χ2n) is 6.43. The Labute approximate surface area is 109 Å². The Morgan fingerprint density at radius 3 is 2.18 bits per heavy atom. The first-order valence-electron chi connectivity index (χ1n) is 7.05. The molecule has 0 saturated carbocycles. The van der Waals surface area contributed by atoms with Gasteiger partial charge in [0, 0.05) is 19.8 Å². The van der Waals surface area contributed by atoms with Crippen molar-refractivity contribution in [3.8, 4) is 0 Å². The highest BCUT2D eigenvalue weighted by Gasteiger charge is 2.25. The van der Waals surface area contributed by atoms with Crippen LogP contribution >= 0.6 is 0 Å². The molecule has 0 saturated heterocycles. The molecule has 0 heterocycles. The summed E-state index contributed by atoms with van der Waals surface area (Å²) in [4.78, 5) is 0. The molecule has 0 radical (unpaired) electrons. The van der Waals surface area contributed by atoms with Crippen molar-refractivity contribution in [1.29, 1.82) is 0 Å². The standard InChI is InChI=1S/C15H33NO/c1-8-16-14(12(2)9-10-17-7)11-13(3)15(4,5)6/h12-14,16H,8-11H2,1-7H3. The van der Waals surface area contributed by atoms with Gasteiger partial charge in [0.1, 0.15) is 0 Å². The van der Waals surface area contributed by atoms with E-state index in [1.165, 1.54) is 6.42 Å². The molecule has 1 N–H and O–H groups in total. The third kappa shape index (κ3) is 7.05. The van der Waals surface area contributed by atoms with E-state index in [0.717, 1.165) is 25.5 Å². The van der Waals surface area contributed by atoms with Gasteiger partial charge in [0.25, 0.3) is 0 Å². The molecule has 0 spiro atoms. The first-order chi connectivity index (χ1) is 7.82. The summed E-state index contributed by atoms with van der Waals surface area (Å²) in [6.07, 6.45) is 2.40. The second-order valence-corrected chi connectivity index (χ2v) is 6.43. The average Bonchev–Trinajstić information content (AvgIpc) is 2.23. The zero-order chi connectivity index (χ0) is 13.5. The zero-order valence-electron chi connectivity index (χ0n) is 13.0. The number of nitrogens with one attached hydrogen (secondary N) is 1. The van der Waals surface area contributed by atoms with Gasteiger partial charge in [-0.05, 0) is 36.6 Å². The summed E-state index contributed by atoms with van der Waals surface area (Å²) >= 11 is 0. The molecule has 0 aliphatic rings. The quantitative estimate of drug-likeness (QED) is 0.701. The first kappa shape index (κ1) is 16.9. The Morgan fingerprint density at radius 2 is 1.76 bits per heavy atom. The highest BCUT2D eigenvalue weighted by molar-refractivity contribution is 4.80. The molecule has 0 aromatic heterocycles. The molecule has 0 rings (SSSR count). The lowest BCUT2D eigenvalue weighted by Crippen LogP contribution is -2.38. The lowest BCUT2D eigenvalue weighted by Gasteiger charge is -2.33. The average molecular weight is 243 g/mol. The molecule has 0 aliphatic heterocycles. The molecular weight excluding hydrogens is 210 g/mol. The molecule has 2 nitrogen and oxygen atoms in total. The predicted molar refractivity (Wildman–Crippen MR) is 76.4 cm³/mol. The molecular formula is C15H33NO. The minimum atomic E-state index is 0.397.